The van der Waals surface area contributed by atoms with E-state index in [1.807, 2.05) is 47.4 Å². The van der Waals surface area contributed by atoms with Gasteiger partial charge in [0.25, 0.3) is 0 Å². The third-order valence-corrected chi connectivity index (χ3v) is 3.61. The fourth-order valence-electron chi connectivity index (χ4n) is 1.96. The lowest BCUT2D eigenvalue weighted by atomic mass is 10.2. The number of aromatic nitrogens is 2. The third-order valence-electron chi connectivity index (χ3n) is 2.77. The zero-order valence-corrected chi connectivity index (χ0v) is 10.6. The molecule has 0 spiro atoms. The summed E-state index contributed by atoms with van der Waals surface area (Å²) in [5.74, 6) is 0. The number of halogens is 1. The van der Waals surface area contributed by atoms with Crippen LogP contribution < -0.4 is 11.1 Å². The minimum atomic E-state index is -0.531. The summed E-state index contributed by atoms with van der Waals surface area (Å²) < 4.78 is 1.52. The molecule has 2 aromatic heterocycles. The first kappa shape index (κ1) is 10.4. The van der Waals surface area contributed by atoms with Crippen LogP contribution in [0.5, 0.6) is 0 Å². The fourth-order valence-corrected chi connectivity index (χ4v) is 2.67. The maximum absolute atomic E-state index is 5.84. The number of nitrogens with one attached hydrogen (secondary N) is 1. The number of allylic oxidation sites excluding steroid dienone is 1. The van der Waals surface area contributed by atoms with Crippen molar-refractivity contribution in [2.45, 2.75) is 4.57 Å². The lowest BCUT2D eigenvalue weighted by Gasteiger charge is -2.30. The topological polar surface area (TPSA) is 55.9 Å². The van der Waals surface area contributed by atoms with Gasteiger partial charge in [-0.2, -0.15) is 0 Å². The van der Waals surface area contributed by atoms with E-state index >= 15 is 0 Å². The summed E-state index contributed by atoms with van der Waals surface area (Å²) in [5, 5.41) is 4.38. The van der Waals surface area contributed by atoms with E-state index in [4.69, 9.17) is 5.73 Å². The van der Waals surface area contributed by atoms with Crippen molar-refractivity contribution < 1.29 is 0 Å². The summed E-state index contributed by atoms with van der Waals surface area (Å²) in [6.45, 7) is 0. The molecule has 0 amide bonds. The molecule has 0 saturated carbocycles. The molecule has 1 aliphatic heterocycles. The van der Waals surface area contributed by atoms with Crippen LogP contribution in [0.25, 0.3) is 10.9 Å². The highest BCUT2D eigenvalue weighted by Gasteiger charge is 2.27. The van der Waals surface area contributed by atoms with E-state index in [1.54, 1.807) is 6.20 Å². The Balaban J connectivity index is 2.19. The number of hydrogen-bond acceptors (Lipinski definition) is 3. The molecule has 86 valence electrons. The molecule has 0 saturated heterocycles. The van der Waals surface area contributed by atoms with Crippen LogP contribution in [0.1, 0.15) is 0 Å². The van der Waals surface area contributed by atoms with Gasteiger partial charge in [-0.25, -0.2) is 0 Å². The number of nitrogens with zero attached hydrogens (tertiary/aromatic N) is 2. The minimum absolute atomic E-state index is 0.531. The Kier molecular flexibility index (Phi) is 2.22. The molecule has 5 heteroatoms. The summed E-state index contributed by atoms with van der Waals surface area (Å²) in [5.41, 5.74) is 7.59. The fraction of sp³-hybridized carbons (Fsp3) is 0.0833. The van der Waals surface area contributed by atoms with Gasteiger partial charge in [0.05, 0.1) is 11.7 Å². The van der Waals surface area contributed by atoms with Crippen molar-refractivity contribution >= 4 is 26.8 Å². The lowest BCUT2D eigenvalue weighted by Crippen LogP contribution is -2.39. The maximum atomic E-state index is 5.84. The zero-order chi connectivity index (χ0) is 11.9. The average molecular weight is 291 g/mol. The molecule has 3 N–H and O–H groups in total. The van der Waals surface area contributed by atoms with Crippen LogP contribution in [0, 0.1) is 0 Å². The number of rotatable bonds is 1. The summed E-state index contributed by atoms with van der Waals surface area (Å²) in [6, 6.07) is 4.03. The van der Waals surface area contributed by atoms with Crippen molar-refractivity contribution in [3.05, 3.63) is 54.8 Å². The smallest absolute Gasteiger partial charge is 0.193 e. The van der Waals surface area contributed by atoms with E-state index in [2.05, 4.69) is 26.2 Å². The predicted octanol–water partition coefficient (Wildman–Crippen LogP) is 2.00. The summed E-state index contributed by atoms with van der Waals surface area (Å²) in [7, 11) is 0. The molecule has 0 aromatic carbocycles. The largest absolute Gasteiger partial charge is 0.399 e. The first-order valence-corrected chi connectivity index (χ1v) is 6.01. The van der Waals surface area contributed by atoms with E-state index in [1.165, 1.54) is 0 Å². The van der Waals surface area contributed by atoms with Crippen LogP contribution in [-0.4, -0.2) is 9.55 Å². The second kappa shape index (κ2) is 3.63. The van der Waals surface area contributed by atoms with E-state index in [9.17, 15) is 0 Å². The van der Waals surface area contributed by atoms with E-state index in [0.717, 1.165) is 10.9 Å². The van der Waals surface area contributed by atoms with Crippen molar-refractivity contribution in [1.29, 1.82) is 0 Å². The monoisotopic (exact) mass is 290 g/mol. The molecule has 3 heterocycles. The Morgan fingerprint density at radius 1 is 1.41 bits per heavy atom. The van der Waals surface area contributed by atoms with Crippen molar-refractivity contribution in [1.82, 2.24) is 14.9 Å². The molecule has 1 aliphatic rings. The Bertz CT molecular complexity index is 628. The van der Waals surface area contributed by atoms with Crippen molar-refractivity contribution in [3.63, 3.8) is 0 Å². The Morgan fingerprint density at radius 3 is 3.12 bits per heavy atom. The molecule has 3 rings (SSSR count). The second-order valence-electron chi connectivity index (χ2n) is 3.92. The highest BCUT2D eigenvalue weighted by atomic mass is 79.9. The molecule has 1 unspecified atom stereocenters. The van der Waals surface area contributed by atoms with Crippen LogP contribution >= 0.6 is 15.9 Å². The zero-order valence-electron chi connectivity index (χ0n) is 8.97. The molecule has 0 radical (unpaired) electrons. The number of fused-ring (bicyclic) bond motifs is 1. The number of dihydropyridines is 1. The number of alkyl halides is 1. The molecule has 0 fully saturated rings. The predicted molar refractivity (Wildman–Crippen MR) is 71.2 cm³/mol. The van der Waals surface area contributed by atoms with Gasteiger partial charge in [-0.3, -0.25) is 4.98 Å². The van der Waals surface area contributed by atoms with Crippen LogP contribution in [-0.2, 0) is 4.57 Å². The van der Waals surface area contributed by atoms with E-state index in [-0.39, 0.29) is 0 Å². The van der Waals surface area contributed by atoms with Crippen LogP contribution in [0.3, 0.4) is 0 Å². The van der Waals surface area contributed by atoms with Gasteiger partial charge >= 0.3 is 0 Å². The van der Waals surface area contributed by atoms with Crippen LogP contribution in [0.4, 0.5) is 0 Å². The first-order chi connectivity index (χ1) is 8.19. The van der Waals surface area contributed by atoms with Gasteiger partial charge in [0.2, 0.25) is 0 Å². The molecular formula is C12H11BrN4. The lowest BCUT2D eigenvalue weighted by molar-refractivity contribution is 0.511. The standard InChI is InChI=1S/C12H11BrN4/c13-12(7-10(14)2-5-16-12)17-6-3-9-1-4-15-8-11(9)17/h1-8,16H,14H2. The number of nitrogens with two attached hydrogens (primary N) is 1. The normalized spacial score (nSPS) is 23.5. The molecule has 1 atom stereocenters. The summed E-state index contributed by atoms with van der Waals surface area (Å²) >= 11 is 3.66. The average Bonchev–Trinajstić information content (AvgIpc) is 2.72. The summed E-state index contributed by atoms with van der Waals surface area (Å²) in [4.78, 5) is 4.15. The van der Waals surface area contributed by atoms with Crippen molar-refractivity contribution in [3.8, 4) is 0 Å². The van der Waals surface area contributed by atoms with Gasteiger partial charge in [-0.15, -0.1) is 0 Å². The third kappa shape index (κ3) is 1.63. The van der Waals surface area contributed by atoms with E-state index in [0.29, 0.717) is 5.70 Å². The number of hydrogen-bond donors (Lipinski definition) is 2. The van der Waals surface area contributed by atoms with E-state index < -0.39 is 4.57 Å². The highest BCUT2D eigenvalue weighted by molar-refractivity contribution is 9.09. The molecular weight excluding hydrogens is 280 g/mol. The van der Waals surface area contributed by atoms with Gasteiger partial charge in [0, 0.05) is 29.7 Å². The van der Waals surface area contributed by atoms with Crippen molar-refractivity contribution in [2.75, 3.05) is 0 Å². The molecule has 17 heavy (non-hydrogen) atoms. The highest BCUT2D eigenvalue weighted by Crippen LogP contribution is 2.30. The molecule has 4 nitrogen and oxygen atoms in total. The minimum Gasteiger partial charge on any atom is -0.399 e. The van der Waals surface area contributed by atoms with Gasteiger partial charge in [-0.05, 0) is 40.2 Å². The van der Waals surface area contributed by atoms with Gasteiger partial charge in [0.1, 0.15) is 0 Å². The van der Waals surface area contributed by atoms with Gasteiger partial charge in [0.15, 0.2) is 4.57 Å². The second-order valence-corrected chi connectivity index (χ2v) is 5.12. The maximum Gasteiger partial charge on any atom is 0.193 e. The molecule has 2 aromatic rings. The Morgan fingerprint density at radius 2 is 2.29 bits per heavy atom. The van der Waals surface area contributed by atoms with Crippen molar-refractivity contribution in [2.24, 2.45) is 5.73 Å². The Labute approximate surface area is 107 Å². The Hall–Kier alpha value is -1.75. The SMILES string of the molecule is NC1=CC(Br)(n2ccc3ccncc32)NC=C1. The summed E-state index contributed by atoms with van der Waals surface area (Å²) in [6.07, 6.45) is 11.2. The first-order valence-electron chi connectivity index (χ1n) is 5.22. The van der Waals surface area contributed by atoms with Gasteiger partial charge in [-0.1, -0.05) is 0 Å². The quantitative estimate of drug-likeness (QED) is 0.624. The van der Waals surface area contributed by atoms with Gasteiger partial charge < -0.3 is 15.6 Å². The van der Waals surface area contributed by atoms with Crippen LogP contribution in [0.2, 0.25) is 0 Å². The van der Waals surface area contributed by atoms with Crippen LogP contribution in [0.15, 0.2) is 54.8 Å². The number of pyridine rings is 1. The molecule has 0 bridgehead atoms. The molecule has 0 aliphatic carbocycles.